The molecular formula is C8H20N2O5S. The topological polar surface area (TPSA) is 121 Å². The Morgan fingerprint density at radius 3 is 1.94 bits per heavy atom. The molecule has 0 fully saturated rings. The van der Waals surface area contributed by atoms with Crippen molar-refractivity contribution in [1.82, 2.24) is 0 Å². The zero-order valence-electron chi connectivity index (χ0n) is 9.76. The Labute approximate surface area is 97.0 Å². The molecule has 1 amide bonds. The fourth-order valence-electron chi connectivity index (χ4n) is 0.725. The van der Waals surface area contributed by atoms with Gasteiger partial charge in [0.05, 0.1) is 25.6 Å². The van der Waals surface area contributed by atoms with Gasteiger partial charge in [-0.1, -0.05) is 0 Å². The van der Waals surface area contributed by atoms with E-state index >= 15 is 0 Å². The Morgan fingerprint density at radius 1 is 1.38 bits per heavy atom. The summed E-state index contributed by atoms with van der Waals surface area (Å²) in [6.45, 7) is 6.65. The van der Waals surface area contributed by atoms with Gasteiger partial charge in [-0.05, 0) is 13.8 Å². The Morgan fingerprint density at radius 2 is 1.75 bits per heavy atom. The van der Waals surface area contributed by atoms with Gasteiger partial charge in [0.25, 0.3) is 0 Å². The zero-order chi connectivity index (χ0) is 12.3. The quantitative estimate of drug-likeness (QED) is 0.571. The minimum Gasteiger partial charge on any atom is -0.870 e. The van der Waals surface area contributed by atoms with Gasteiger partial charge in [-0.3, -0.25) is 0 Å². The first-order valence-corrected chi connectivity index (χ1v) is 5.70. The molecule has 0 aromatic carbocycles. The number of methoxy groups -OCH3 is 1. The summed E-state index contributed by atoms with van der Waals surface area (Å²) in [5.41, 5.74) is 4.43. The molecule has 0 aromatic rings. The monoisotopic (exact) mass is 256 g/mol. The lowest BCUT2D eigenvalue weighted by molar-refractivity contribution is -0.886. The lowest BCUT2D eigenvalue weighted by Crippen LogP contribution is -3.11. The predicted octanol–water partition coefficient (Wildman–Crippen LogP) is -1.87. The number of hydrogen-bond donors (Lipinski definition) is 2. The summed E-state index contributed by atoms with van der Waals surface area (Å²) in [6, 6.07) is 0. The molecule has 0 aliphatic heterocycles. The number of rotatable bonds is 4. The second kappa shape index (κ2) is 13.9. The molecular weight excluding hydrogens is 236 g/mol. The summed E-state index contributed by atoms with van der Waals surface area (Å²) in [4.78, 5) is 10.6. The van der Waals surface area contributed by atoms with E-state index < -0.39 is 16.4 Å². The van der Waals surface area contributed by atoms with Crippen molar-refractivity contribution in [3.63, 3.8) is 0 Å². The van der Waals surface area contributed by atoms with Crippen LogP contribution >= 0.6 is 0 Å². The summed E-state index contributed by atoms with van der Waals surface area (Å²) in [6.07, 6.45) is -0.745. The summed E-state index contributed by atoms with van der Waals surface area (Å²) < 4.78 is 24.0. The molecule has 0 atom stereocenters. The van der Waals surface area contributed by atoms with E-state index in [2.05, 4.69) is 10.5 Å². The van der Waals surface area contributed by atoms with Crippen molar-refractivity contribution >= 4 is 21.8 Å². The van der Waals surface area contributed by atoms with Gasteiger partial charge in [0.2, 0.25) is 10.3 Å². The van der Waals surface area contributed by atoms with Crippen LogP contribution in [0.2, 0.25) is 0 Å². The minimum absolute atomic E-state index is 0. The van der Waals surface area contributed by atoms with Crippen LogP contribution in [0.4, 0.5) is 4.79 Å². The molecule has 8 heteroatoms. The first-order valence-electron chi connectivity index (χ1n) is 4.56. The Hall–Kier alpha value is -1.12. The summed E-state index contributed by atoms with van der Waals surface area (Å²) in [7, 11) is -0.761. The smallest absolute Gasteiger partial charge is 0.404 e. The van der Waals surface area contributed by atoms with Gasteiger partial charge < -0.3 is 20.8 Å². The van der Waals surface area contributed by atoms with Crippen LogP contribution in [0.1, 0.15) is 13.8 Å². The maximum Gasteiger partial charge on any atom is 0.404 e. The van der Waals surface area contributed by atoms with E-state index in [1.165, 1.54) is 17.4 Å². The minimum atomic E-state index is -1.99. The molecule has 0 aromatic heterocycles. The Bertz CT molecular complexity index is 277. The van der Waals surface area contributed by atoms with Gasteiger partial charge in [-0.15, -0.1) is 0 Å². The predicted molar refractivity (Wildman–Crippen MR) is 60.4 cm³/mol. The zero-order valence-corrected chi connectivity index (χ0v) is 10.6. The van der Waals surface area contributed by atoms with Gasteiger partial charge in [0.1, 0.15) is 6.54 Å². The van der Waals surface area contributed by atoms with E-state index in [-0.39, 0.29) is 5.48 Å². The first-order chi connectivity index (χ1) is 6.97. The summed E-state index contributed by atoms with van der Waals surface area (Å²) in [5.74, 6) is 0. The Kier molecular flexibility index (Phi) is 17.6. The van der Waals surface area contributed by atoms with Crippen LogP contribution in [0.15, 0.2) is 0 Å². The lowest BCUT2D eigenvalue weighted by Gasteiger charge is -2.10. The molecule has 0 bridgehead atoms. The van der Waals surface area contributed by atoms with Crippen molar-refractivity contribution in [2.24, 2.45) is 5.73 Å². The van der Waals surface area contributed by atoms with Gasteiger partial charge in [0.15, 0.2) is 0 Å². The SMILES string of the molecule is CC[NH+](CC)CC=S(=O)=O.COC(N)=O.[OH-]. The third kappa shape index (κ3) is 18.6. The van der Waals surface area contributed by atoms with E-state index in [9.17, 15) is 13.2 Å². The van der Waals surface area contributed by atoms with Crippen molar-refractivity contribution in [1.29, 1.82) is 0 Å². The molecule has 0 aliphatic carbocycles. The third-order valence-electron chi connectivity index (χ3n) is 1.71. The van der Waals surface area contributed by atoms with Crippen LogP contribution in [-0.2, 0) is 15.0 Å². The molecule has 0 unspecified atom stereocenters. The number of carbonyl (C=O) groups is 1. The molecule has 0 saturated heterocycles. The highest BCUT2D eigenvalue weighted by Crippen LogP contribution is 1.55. The van der Waals surface area contributed by atoms with Crippen molar-refractivity contribution in [3.8, 4) is 0 Å². The highest BCUT2D eigenvalue weighted by molar-refractivity contribution is 7.71. The van der Waals surface area contributed by atoms with Gasteiger partial charge in [-0.25, -0.2) is 4.79 Å². The van der Waals surface area contributed by atoms with Gasteiger partial charge >= 0.3 is 6.09 Å². The summed E-state index contributed by atoms with van der Waals surface area (Å²) >= 11 is 0. The number of carbonyl (C=O) groups excluding carboxylic acids is 1. The number of primary amides is 1. The number of quaternary nitrogens is 1. The van der Waals surface area contributed by atoms with Crippen LogP contribution in [-0.4, -0.2) is 52.1 Å². The number of nitrogens with two attached hydrogens (primary N) is 1. The van der Waals surface area contributed by atoms with E-state index in [1.54, 1.807) is 0 Å². The van der Waals surface area contributed by atoms with Crippen LogP contribution in [0.3, 0.4) is 0 Å². The molecule has 16 heavy (non-hydrogen) atoms. The second-order valence-corrected chi connectivity index (χ2v) is 3.47. The first kappa shape index (κ1) is 20.3. The molecule has 0 heterocycles. The van der Waals surface area contributed by atoms with Crippen LogP contribution in [0.5, 0.6) is 0 Å². The highest BCUT2D eigenvalue weighted by atomic mass is 32.2. The maximum atomic E-state index is 10.1. The van der Waals surface area contributed by atoms with E-state index in [1.807, 2.05) is 13.8 Å². The fraction of sp³-hybridized carbons (Fsp3) is 0.750. The molecule has 0 radical (unpaired) electrons. The van der Waals surface area contributed by atoms with Crippen molar-refractivity contribution in [2.45, 2.75) is 13.8 Å². The molecule has 0 spiro atoms. The average Bonchev–Trinajstić information content (AvgIpc) is 2.20. The molecule has 0 aliphatic rings. The number of nitrogens with one attached hydrogen (secondary N) is 1. The van der Waals surface area contributed by atoms with Crippen molar-refractivity contribution < 1.29 is 28.3 Å². The molecule has 0 rings (SSSR count). The van der Waals surface area contributed by atoms with Gasteiger partial charge in [-0.2, -0.15) is 8.42 Å². The van der Waals surface area contributed by atoms with E-state index in [0.29, 0.717) is 6.54 Å². The van der Waals surface area contributed by atoms with Crippen LogP contribution < -0.4 is 10.6 Å². The number of ether oxygens (including phenoxy) is 1. The number of hydrogen-bond acceptors (Lipinski definition) is 5. The fourth-order valence-corrected chi connectivity index (χ4v) is 1.10. The maximum absolute atomic E-state index is 10.1. The standard InChI is InChI=1S/C6H13NO2S.C2H5NO2.H2O/c1-3-7(4-2)5-6-10(8)9;1-5-2(3)4;/h6H,3-5H2,1-2H3;1H3,(H2,3,4);1H2. The van der Waals surface area contributed by atoms with Crippen molar-refractivity contribution in [3.05, 3.63) is 0 Å². The second-order valence-electron chi connectivity index (χ2n) is 2.61. The lowest BCUT2D eigenvalue weighted by atomic mass is 10.5. The number of amides is 1. The van der Waals surface area contributed by atoms with E-state index in [4.69, 9.17) is 0 Å². The average molecular weight is 256 g/mol. The third-order valence-corrected chi connectivity index (χ3v) is 2.15. The highest BCUT2D eigenvalue weighted by Gasteiger charge is 1.97. The Balaban J connectivity index is -0.000000242. The van der Waals surface area contributed by atoms with Crippen LogP contribution in [0.25, 0.3) is 0 Å². The summed E-state index contributed by atoms with van der Waals surface area (Å²) in [5, 5.41) is 1.31. The van der Waals surface area contributed by atoms with Crippen molar-refractivity contribution in [2.75, 3.05) is 26.7 Å². The molecule has 4 N–H and O–H groups in total. The van der Waals surface area contributed by atoms with Crippen LogP contribution in [0, 0.1) is 0 Å². The largest absolute Gasteiger partial charge is 0.870 e. The van der Waals surface area contributed by atoms with E-state index in [0.717, 1.165) is 13.1 Å². The normalized spacial score (nSPS) is 8.25. The van der Waals surface area contributed by atoms with Gasteiger partial charge in [0, 0.05) is 0 Å². The molecule has 7 nitrogen and oxygen atoms in total. The molecule has 98 valence electrons. The molecule has 0 saturated carbocycles.